The van der Waals surface area contributed by atoms with Crippen molar-refractivity contribution >= 4 is 22.9 Å². The second-order valence-corrected chi connectivity index (χ2v) is 6.82. The van der Waals surface area contributed by atoms with Gasteiger partial charge in [-0.25, -0.2) is 4.98 Å². The molecule has 0 aliphatic carbocycles. The number of aryl methyl sites for hydroxylation is 1. The van der Waals surface area contributed by atoms with E-state index in [2.05, 4.69) is 27.7 Å². The molecule has 2 rings (SSSR count). The number of hydrogen-bond acceptors (Lipinski definition) is 2. The summed E-state index contributed by atoms with van der Waals surface area (Å²) in [6.45, 7) is 8.70. The SMILES string of the molecule is Cc1sc(C(C)(C)C)nc1-c1ccc(Cl)cc1. The first kappa shape index (κ1) is 12.6. The second kappa shape index (κ2) is 4.43. The summed E-state index contributed by atoms with van der Waals surface area (Å²) >= 11 is 7.68. The van der Waals surface area contributed by atoms with Crippen molar-refractivity contribution < 1.29 is 0 Å². The molecule has 0 fully saturated rings. The molecule has 1 aromatic carbocycles. The summed E-state index contributed by atoms with van der Waals surface area (Å²) < 4.78 is 0. The van der Waals surface area contributed by atoms with Crippen LogP contribution in [0.15, 0.2) is 24.3 Å². The topological polar surface area (TPSA) is 12.9 Å². The van der Waals surface area contributed by atoms with E-state index in [4.69, 9.17) is 16.6 Å². The van der Waals surface area contributed by atoms with Crippen molar-refractivity contribution in [2.24, 2.45) is 0 Å². The Morgan fingerprint density at radius 1 is 1.12 bits per heavy atom. The molecule has 3 heteroatoms. The zero-order valence-corrected chi connectivity index (χ0v) is 12.1. The number of hydrogen-bond donors (Lipinski definition) is 0. The maximum atomic E-state index is 5.90. The van der Waals surface area contributed by atoms with Gasteiger partial charge < -0.3 is 0 Å². The average Bonchev–Trinajstić information content (AvgIpc) is 2.61. The molecular weight excluding hydrogens is 250 g/mol. The third-order valence-corrected chi connectivity index (χ3v) is 4.20. The minimum atomic E-state index is 0.111. The molecular formula is C14H16ClNS. The summed E-state index contributed by atoms with van der Waals surface area (Å²) in [6.07, 6.45) is 0. The Balaban J connectivity index is 2.46. The molecule has 0 aliphatic rings. The molecule has 0 saturated heterocycles. The maximum Gasteiger partial charge on any atom is 0.0988 e. The lowest BCUT2D eigenvalue weighted by molar-refractivity contribution is 0.586. The summed E-state index contributed by atoms with van der Waals surface area (Å²) in [5.41, 5.74) is 2.33. The highest BCUT2D eigenvalue weighted by Gasteiger charge is 2.20. The van der Waals surface area contributed by atoms with E-state index in [9.17, 15) is 0 Å². The van der Waals surface area contributed by atoms with Crippen LogP contribution < -0.4 is 0 Å². The summed E-state index contributed by atoms with van der Waals surface area (Å²) in [5.74, 6) is 0. The van der Waals surface area contributed by atoms with Gasteiger partial charge in [0, 0.05) is 20.9 Å². The zero-order chi connectivity index (χ0) is 12.6. The number of nitrogens with zero attached hydrogens (tertiary/aromatic N) is 1. The van der Waals surface area contributed by atoms with Crippen LogP contribution in [-0.4, -0.2) is 4.98 Å². The van der Waals surface area contributed by atoms with E-state index in [0.717, 1.165) is 16.3 Å². The first-order chi connectivity index (χ1) is 7.88. The smallest absolute Gasteiger partial charge is 0.0988 e. The summed E-state index contributed by atoms with van der Waals surface area (Å²) in [7, 11) is 0. The Hall–Kier alpha value is -0.860. The van der Waals surface area contributed by atoms with Crippen LogP contribution in [-0.2, 0) is 5.41 Å². The Bertz CT molecular complexity index is 520. The molecule has 0 N–H and O–H groups in total. The van der Waals surface area contributed by atoms with Gasteiger partial charge in [-0.3, -0.25) is 0 Å². The Morgan fingerprint density at radius 3 is 2.18 bits per heavy atom. The third-order valence-electron chi connectivity index (χ3n) is 2.56. The van der Waals surface area contributed by atoms with Crippen LogP contribution in [0.2, 0.25) is 5.02 Å². The van der Waals surface area contributed by atoms with Crippen LogP contribution in [0.25, 0.3) is 11.3 Å². The van der Waals surface area contributed by atoms with Gasteiger partial charge in [0.15, 0.2) is 0 Å². The van der Waals surface area contributed by atoms with Crippen LogP contribution >= 0.6 is 22.9 Å². The normalized spacial score (nSPS) is 11.8. The molecule has 0 amide bonds. The highest BCUT2D eigenvalue weighted by Crippen LogP contribution is 2.34. The van der Waals surface area contributed by atoms with E-state index in [-0.39, 0.29) is 5.41 Å². The molecule has 90 valence electrons. The van der Waals surface area contributed by atoms with E-state index >= 15 is 0 Å². The molecule has 2 aromatic rings. The van der Waals surface area contributed by atoms with Gasteiger partial charge in [0.25, 0.3) is 0 Å². The molecule has 0 aliphatic heterocycles. The van der Waals surface area contributed by atoms with Gasteiger partial charge in [0.1, 0.15) is 0 Å². The monoisotopic (exact) mass is 265 g/mol. The molecule has 0 radical (unpaired) electrons. The average molecular weight is 266 g/mol. The minimum Gasteiger partial charge on any atom is -0.240 e. The van der Waals surface area contributed by atoms with Gasteiger partial charge in [0.2, 0.25) is 0 Å². The number of benzene rings is 1. The van der Waals surface area contributed by atoms with Crippen LogP contribution in [0.5, 0.6) is 0 Å². The number of rotatable bonds is 1. The second-order valence-electron chi connectivity index (χ2n) is 5.18. The molecule has 0 bridgehead atoms. The van der Waals surface area contributed by atoms with Crippen LogP contribution in [0.1, 0.15) is 30.7 Å². The fraction of sp³-hybridized carbons (Fsp3) is 0.357. The summed E-state index contributed by atoms with van der Waals surface area (Å²) in [4.78, 5) is 6.02. The van der Waals surface area contributed by atoms with Gasteiger partial charge in [-0.1, -0.05) is 44.5 Å². The van der Waals surface area contributed by atoms with Crippen molar-refractivity contribution in [1.29, 1.82) is 0 Å². The Labute approximate surface area is 111 Å². The van der Waals surface area contributed by atoms with Gasteiger partial charge in [0.05, 0.1) is 10.7 Å². The van der Waals surface area contributed by atoms with Crippen molar-refractivity contribution in [2.75, 3.05) is 0 Å². The molecule has 0 unspecified atom stereocenters. The lowest BCUT2D eigenvalue weighted by atomic mass is 9.98. The summed E-state index contributed by atoms with van der Waals surface area (Å²) in [5, 5.41) is 1.94. The third kappa shape index (κ3) is 2.70. The van der Waals surface area contributed by atoms with Crippen molar-refractivity contribution in [1.82, 2.24) is 4.98 Å². The van der Waals surface area contributed by atoms with Gasteiger partial charge >= 0.3 is 0 Å². The van der Waals surface area contributed by atoms with E-state index < -0.39 is 0 Å². The number of aromatic nitrogens is 1. The Morgan fingerprint density at radius 2 is 1.71 bits per heavy atom. The van der Waals surface area contributed by atoms with Gasteiger partial charge in [-0.05, 0) is 19.1 Å². The Kier molecular flexibility index (Phi) is 3.28. The van der Waals surface area contributed by atoms with Crippen molar-refractivity contribution in [3.8, 4) is 11.3 Å². The minimum absolute atomic E-state index is 0.111. The number of thiazole rings is 1. The first-order valence-corrected chi connectivity index (χ1v) is 6.81. The predicted octanol–water partition coefficient (Wildman–Crippen LogP) is 5.07. The van der Waals surface area contributed by atoms with Crippen molar-refractivity contribution in [3.63, 3.8) is 0 Å². The molecule has 1 aromatic heterocycles. The first-order valence-electron chi connectivity index (χ1n) is 5.62. The maximum absolute atomic E-state index is 5.90. The van der Waals surface area contributed by atoms with Crippen molar-refractivity contribution in [2.45, 2.75) is 33.1 Å². The lowest BCUT2D eigenvalue weighted by Gasteiger charge is -2.13. The van der Waals surface area contributed by atoms with Gasteiger partial charge in [-0.15, -0.1) is 11.3 Å². The van der Waals surface area contributed by atoms with Gasteiger partial charge in [-0.2, -0.15) is 0 Å². The number of halogens is 1. The van der Waals surface area contributed by atoms with Crippen LogP contribution in [0.3, 0.4) is 0 Å². The molecule has 17 heavy (non-hydrogen) atoms. The van der Waals surface area contributed by atoms with E-state index in [1.165, 1.54) is 9.88 Å². The predicted molar refractivity (Wildman–Crippen MR) is 76.0 cm³/mol. The largest absolute Gasteiger partial charge is 0.240 e. The molecule has 0 saturated carbocycles. The molecule has 0 spiro atoms. The van der Waals surface area contributed by atoms with Crippen LogP contribution in [0, 0.1) is 6.92 Å². The fourth-order valence-corrected chi connectivity index (χ4v) is 2.71. The highest BCUT2D eigenvalue weighted by atomic mass is 35.5. The fourth-order valence-electron chi connectivity index (χ4n) is 1.59. The standard InChI is InChI=1S/C14H16ClNS/c1-9-12(10-5-7-11(15)8-6-10)16-13(17-9)14(2,3)4/h5-8H,1-4H3. The highest BCUT2D eigenvalue weighted by molar-refractivity contribution is 7.12. The van der Waals surface area contributed by atoms with E-state index in [1.807, 2.05) is 24.3 Å². The lowest BCUT2D eigenvalue weighted by Crippen LogP contribution is -2.10. The molecule has 1 nitrogen and oxygen atoms in total. The van der Waals surface area contributed by atoms with Crippen molar-refractivity contribution in [3.05, 3.63) is 39.2 Å². The molecule has 0 atom stereocenters. The van der Waals surface area contributed by atoms with E-state index in [1.54, 1.807) is 11.3 Å². The van der Waals surface area contributed by atoms with Crippen LogP contribution in [0.4, 0.5) is 0 Å². The van der Waals surface area contributed by atoms with E-state index in [0.29, 0.717) is 0 Å². The quantitative estimate of drug-likeness (QED) is 0.702. The summed E-state index contributed by atoms with van der Waals surface area (Å²) in [6, 6.07) is 7.87. The molecule has 1 heterocycles. The zero-order valence-electron chi connectivity index (χ0n) is 10.5.